The second-order valence-electron chi connectivity index (χ2n) is 10.9. The molecule has 9 heteroatoms. The van der Waals surface area contributed by atoms with Crippen molar-refractivity contribution in [1.82, 2.24) is 10.2 Å². The molecule has 0 saturated carbocycles. The molecule has 0 heterocycles. The van der Waals surface area contributed by atoms with Gasteiger partial charge in [0.2, 0.25) is 11.8 Å². The number of carbonyl (C=O) groups is 2. The summed E-state index contributed by atoms with van der Waals surface area (Å²) in [6, 6.07) is 29.5. The summed E-state index contributed by atoms with van der Waals surface area (Å²) in [5.41, 5.74) is 3.98. The van der Waals surface area contributed by atoms with Crippen LogP contribution >= 0.6 is 0 Å². The van der Waals surface area contributed by atoms with E-state index in [-0.39, 0.29) is 23.8 Å². The quantitative estimate of drug-likeness (QED) is 0.194. The molecule has 0 aliphatic heterocycles. The summed E-state index contributed by atoms with van der Waals surface area (Å²) >= 11 is 0. The number of carbonyl (C=O) groups excluding carboxylic acids is 2. The smallest absolute Gasteiger partial charge is 0.264 e. The van der Waals surface area contributed by atoms with E-state index in [0.717, 1.165) is 26.6 Å². The minimum Gasteiger partial charge on any atom is -0.494 e. The van der Waals surface area contributed by atoms with Crippen molar-refractivity contribution in [1.29, 1.82) is 0 Å². The Kier molecular flexibility index (Phi) is 11.4. The fraction of sp³-hybridized carbons (Fsp3) is 0.278. The fourth-order valence-corrected chi connectivity index (χ4v) is 6.39. The number of anilines is 1. The van der Waals surface area contributed by atoms with Crippen LogP contribution in [0, 0.1) is 13.8 Å². The Morgan fingerprint density at radius 2 is 1.38 bits per heavy atom. The van der Waals surface area contributed by atoms with Crippen LogP contribution < -0.4 is 14.4 Å². The van der Waals surface area contributed by atoms with E-state index >= 15 is 0 Å². The molecular formula is C36H41N3O5S. The van der Waals surface area contributed by atoms with Gasteiger partial charge in [0.25, 0.3) is 10.0 Å². The van der Waals surface area contributed by atoms with Crippen molar-refractivity contribution in [3.05, 3.63) is 125 Å². The van der Waals surface area contributed by atoms with Crippen LogP contribution in [0.4, 0.5) is 5.69 Å². The third kappa shape index (κ3) is 8.73. The highest BCUT2D eigenvalue weighted by atomic mass is 32.2. The van der Waals surface area contributed by atoms with Crippen LogP contribution in [-0.4, -0.2) is 50.9 Å². The van der Waals surface area contributed by atoms with Gasteiger partial charge in [0, 0.05) is 19.5 Å². The van der Waals surface area contributed by atoms with Gasteiger partial charge < -0.3 is 15.0 Å². The average Bonchev–Trinajstić information content (AvgIpc) is 3.03. The van der Waals surface area contributed by atoms with Gasteiger partial charge in [-0.1, -0.05) is 77.9 Å². The second kappa shape index (κ2) is 15.4. The lowest BCUT2D eigenvalue weighted by Crippen LogP contribution is -2.53. The maximum Gasteiger partial charge on any atom is 0.264 e. The largest absolute Gasteiger partial charge is 0.494 e. The van der Waals surface area contributed by atoms with Crippen molar-refractivity contribution in [2.45, 2.75) is 51.6 Å². The molecule has 0 radical (unpaired) electrons. The minimum atomic E-state index is -4.17. The van der Waals surface area contributed by atoms with E-state index in [0.29, 0.717) is 24.6 Å². The van der Waals surface area contributed by atoms with Gasteiger partial charge in [0.1, 0.15) is 18.3 Å². The number of likely N-dealkylation sites (N-methyl/N-ethyl adjacent to an activating group) is 1. The lowest BCUT2D eigenvalue weighted by atomic mass is 10.0. The van der Waals surface area contributed by atoms with E-state index < -0.39 is 28.5 Å². The number of rotatable bonds is 14. The lowest BCUT2D eigenvalue weighted by molar-refractivity contribution is -0.140. The van der Waals surface area contributed by atoms with E-state index in [1.807, 2.05) is 82.3 Å². The van der Waals surface area contributed by atoms with Gasteiger partial charge in [-0.15, -0.1) is 0 Å². The zero-order chi connectivity index (χ0) is 32.4. The molecule has 4 aromatic carbocycles. The van der Waals surface area contributed by atoms with Gasteiger partial charge in [-0.25, -0.2) is 8.42 Å². The maximum absolute atomic E-state index is 14.5. The molecule has 45 heavy (non-hydrogen) atoms. The van der Waals surface area contributed by atoms with Crippen molar-refractivity contribution >= 4 is 27.5 Å². The number of nitrogens with zero attached hydrogens (tertiary/aromatic N) is 2. The first-order valence-corrected chi connectivity index (χ1v) is 16.5. The topological polar surface area (TPSA) is 96.0 Å². The fourth-order valence-electron chi connectivity index (χ4n) is 4.98. The number of sulfonamides is 1. The van der Waals surface area contributed by atoms with Crippen LogP contribution in [0.2, 0.25) is 0 Å². The van der Waals surface area contributed by atoms with E-state index in [9.17, 15) is 18.0 Å². The highest BCUT2D eigenvalue weighted by Crippen LogP contribution is 2.27. The van der Waals surface area contributed by atoms with Gasteiger partial charge >= 0.3 is 0 Å². The Labute approximate surface area is 266 Å². The Morgan fingerprint density at radius 1 is 0.778 bits per heavy atom. The van der Waals surface area contributed by atoms with Crippen LogP contribution in [0.15, 0.2) is 108 Å². The molecular weight excluding hydrogens is 586 g/mol. The number of benzene rings is 4. The molecule has 0 unspecified atom stereocenters. The molecule has 2 amide bonds. The molecule has 8 nitrogen and oxygen atoms in total. The molecule has 1 atom stereocenters. The summed E-state index contributed by atoms with van der Waals surface area (Å²) in [7, 11) is -4.17. The molecule has 0 saturated heterocycles. The third-order valence-electron chi connectivity index (χ3n) is 7.42. The van der Waals surface area contributed by atoms with Gasteiger partial charge in [0.05, 0.1) is 17.2 Å². The van der Waals surface area contributed by atoms with Crippen molar-refractivity contribution in [2.75, 3.05) is 24.0 Å². The number of hydrogen-bond acceptors (Lipinski definition) is 5. The number of hydrogen-bond donors (Lipinski definition) is 1. The Morgan fingerprint density at radius 3 is 1.96 bits per heavy atom. The minimum absolute atomic E-state index is 0.0597. The van der Waals surface area contributed by atoms with Gasteiger partial charge in [-0.3, -0.25) is 13.9 Å². The van der Waals surface area contributed by atoms with Crippen LogP contribution in [0.1, 0.15) is 36.1 Å². The number of amides is 2. The number of aryl methyl sites for hydroxylation is 2. The molecule has 1 N–H and O–H groups in total. The van der Waals surface area contributed by atoms with Crippen molar-refractivity contribution in [2.24, 2.45) is 0 Å². The van der Waals surface area contributed by atoms with E-state index in [4.69, 9.17) is 4.74 Å². The molecule has 236 valence electrons. The zero-order valence-electron chi connectivity index (χ0n) is 26.3. The zero-order valence-corrected chi connectivity index (χ0v) is 27.1. The monoisotopic (exact) mass is 627 g/mol. The standard InChI is InChI=1S/C36H41N3O5S/c1-5-37-36(41)34(24-29-10-8-7-9-11-29)38(25-30-16-12-27(3)13-17-30)35(40)26-39(31-18-20-32(21-19-31)44-6-2)45(42,43)33-22-14-28(4)15-23-33/h7-23,34H,5-6,24-26H2,1-4H3,(H,37,41)/t34-/m0/s1. The molecule has 0 fully saturated rings. The van der Waals surface area contributed by atoms with Crippen LogP contribution in [0.5, 0.6) is 5.75 Å². The van der Waals surface area contributed by atoms with Crippen LogP contribution in [0.25, 0.3) is 0 Å². The SMILES string of the molecule is CCNC(=O)[C@H](Cc1ccccc1)N(Cc1ccc(C)cc1)C(=O)CN(c1ccc(OCC)cc1)S(=O)(=O)c1ccc(C)cc1. The van der Waals surface area contributed by atoms with E-state index in [1.54, 1.807) is 36.4 Å². The first-order valence-electron chi connectivity index (χ1n) is 15.1. The summed E-state index contributed by atoms with van der Waals surface area (Å²) < 4.78 is 35.0. The maximum atomic E-state index is 14.5. The molecule has 0 aliphatic rings. The normalized spacial score (nSPS) is 11.8. The van der Waals surface area contributed by atoms with Gasteiger partial charge in [-0.05, 0) is 75.2 Å². The van der Waals surface area contributed by atoms with E-state index in [1.165, 1.54) is 17.0 Å². The molecule has 4 aromatic rings. The van der Waals surface area contributed by atoms with Crippen LogP contribution in [0.3, 0.4) is 0 Å². The van der Waals surface area contributed by atoms with E-state index in [2.05, 4.69) is 5.32 Å². The third-order valence-corrected chi connectivity index (χ3v) is 9.21. The first kappa shape index (κ1) is 33.3. The highest BCUT2D eigenvalue weighted by molar-refractivity contribution is 7.92. The number of nitrogens with one attached hydrogen (secondary N) is 1. The predicted molar refractivity (Wildman–Crippen MR) is 178 cm³/mol. The number of ether oxygens (including phenoxy) is 1. The molecule has 0 aliphatic carbocycles. The van der Waals surface area contributed by atoms with Crippen molar-refractivity contribution in [3.8, 4) is 5.75 Å². The summed E-state index contributed by atoms with van der Waals surface area (Å²) in [6.07, 6.45) is 0.262. The summed E-state index contributed by atoms with van der Waals surface area (Å²) in [4.78, 5) is 29.6. The summed E-state index contributed by atoms with van der Waals surface area (Å²) in [5, 5.41) is 2.88. The Hall–Kier alpha value is -4.63. The second-order valence-corrected chi connectivity index (χ2v) is 12.7. The van der Waals surface area contributed by atoms with Crippen LogP contribution in [-0.2, 0) is 32.6 Å². The van der Waals surface area contributed by atoms with Crippen molar-refractivity contribution < 1.29 is 22.7 Å². The lowest BCUT2D eigenvalue weighted by Gasteiger charge is -2.34. The predicted octanol–water partition coefficient (Wildman–Crippen LogP) is 5.67. The molecule has 0 spiro atoms. The van der Waals surface area contributed by atoms with Gasteiger partial charge in [-0.2, -0.15) is 0 Å². The highest BCUT2D eigenvalue weighted by Gasteiger charge is 2.34. The molecule has 0 bridgehead atoms. The Balaban J connectivity index is 1.79. The summed E-state index contributed by atoms with van der Waals surface area (Å²) in [5.74, 6) is -0.233. The molecule has 4 rings (SSSR count). The van der Waals surface area contributed by atoms with Gasteiger partial charge in [0.15, 0.2) is 0 Å². The molecule has 0 aromatic heterocycles. The first-order chi connectivity index (χ1) is 21.6. The Bertz CT molecular complexity index is 1660. The average molecular weight is 628 g/mol. The summed E-state index contributed by atoms with van der Waals surface area (Å²) in [6.45, 7) is 7.99. The van der Waals surface area contributed by atoms with Crippen molar-refractivity contribution in [3.63, 3.8) is 0 Å².